The van der Waals surface area contributed by atoms with E-state index in [1.807, 2.05) is 39.0 Å². The summed E-state index contributed by atoms with van der Waals surface area (Å²) >= 11 is 6.21. The third kappa shape index (κ3) is 7.68. The molecule has 4 aromatic rings. The first-order valence-corrected chi connectivity index (χ1v) is 15.7. The second-order valence-electron chi connectivity index (χ2n) is 11.4. The van der Waals surface area contributed by atoms with Gasteiger partial charge in [-0.2, -0.15) is 0 Å². The van der Waals surface area contributed by atoms with E-state index in [1.165, 1.54) is 18.3 Å². The van der Waals surface area contributed by atoms with Gasteiger partial charge in [0.2, 0.25) is 0 Å². The van der Waals surface area contributed by atoms with Crippen LogP contribution in [0, 0.1) is 11.7 Å². The number of benzene rings is 2. The Morgan fingerprint density at radius 1 is 1.07 bits per heavy atom. The standard InChI is InChI=1S/C30H32ClFN6O4S/c1-30(2,3)42-29(39)38-12-4-5-19(18-38)15-34-27-17-33-24-11-6-20(13-25(24)36-27)21-14-26(28(31)35-16-21)37-43(40,41)23-9-7-22(32)8-10-23/h6-11,13-14,16-17,19,37H,4-5,12,15,18H2,1-3H3,(H,34,36). The normalized spacial score (nSPS) is 15.7. The van der Waals surface area contributed by atoms with Crippen molar-refractivity contribution in [3.63, 3.8) is 0 Å². The van der Waals surface area contributed by atoms with Crippen LogP contribution < -0.4 is 10.0 Å². The number of likely N-dealkylation sites (tertiary alicyclic amines) is 1. The van der Waals surface area contributed by atoms with Gasteiger partial charge < -0.3 is 15.0 Å². The van der Waals surface area contributed by atoms with E-state index in [0.29, 0.717) is 42.0 Å². The summed E-state index contributed by atoms with van der Waals surface area (Å²) in [7, 11) is -4.02. The summed E-state index contributed by atoms with van der Waals surface area (Å²) < 4.78 is 46.9. The van der Waals surface area contributed by atoms with Gasteiger partial charge in [-0.15, -0.1) is 0 Å². The van der Waals surface area contributed by atoms with Gasteiger partial charge in [0.05, 0.1) is 27.8 Å². The second kappa shape index (κ2) is 12.3. The van der Waals surface area contributed by atoms with Crippen molar-refractivity contribution in [1.82, 2.24) is 19.9 Å². The van der Waals surface area contributed by atoms with Gasteiger partial charge in [0.15, 0.2) is 5.15 Å². The van der Waals surface area contributed by atoms with Crippen LogP contribution in [0.15, 0.2) is 65.8 Å². The highest BCUT2D eigenvalue weighted by Gasteiger charge is 2.27. The monoisotopic (exact) mass is 626 g/mol. The van der Waals surface area contributed by atoms with Crippen LogP contribution in [0.3, 0.4) is 0 Å². The van der Waals surface area contributed by atoms with Crippen molar-refractivity contribution in [2.24, 2.45) is 5.92 Å². The molecule has 1 atom stereocenters. The highest BCUT2D eigenvalue weighted by molar-refractivity contribution is 7.92. The molecule has 0 radical (unpaired) electrons. The predicted molar refractivity (Wildman–Crippen MR) is 164 cm³/mol. The van der Waals surface area contributed by atoms with Crippen LogP contribution in [0.2, 0.25) is 5.15 Å². The number of anilines is 2. The molecule has 1 unspecified atom stereocenters. The summed E-state index contributed by atoms with van der Waals surface area (Å²) in [5.41, 5.74) is 2.19. The van der Waals surface area contributed by atoms with E-state index < -0.39 is 21.4 Å². The van der Waals surface area contributed by atoms with Crippen molar-refractivity contribution in [2.45, 2.75) is 44.1 Å². The Morgan fingerprint density at radius 3 is 2.58 bits per heavy atom. The summed E-state index contributed by atoms with van der Waals surface area (Å²) in [4.78, 5) is 27.6. The highest BCUT2D eigenvalue weighted by Crippen LogP contribution is 2.30. The van der Waals surface area contributed by atoms with Crippen molar-refractivity contribution in [2.75, 3.05) is 29.7 Å². The molecule has 0 saturated carbocycles. The minimum Gasteiger partial charge on any atom is -0.444 e. The van der Waals surface area contributed by atoms with E-state index >= 15 is 0 Å². The lowest BCUT2D eigenvalue weighted by Gasteiger charge is -2.34. The fourth-order valence-electron chi connectivity index (χ4n) is 4.74. The summed E-state index contributed by atoms with van der Waals surface area (Å²) in [6.45, 7) is 7.48. The van der Waals surface area contributed by atoms with Gasteiger partial charge in [-0.25, -0.2) is 27.6 Å². The maximum atomic E-state index is 13.3. The number of nitrogens with one attached hydrogen (secondary N) is 2. The van der Waals surface area contributed by atoms with Gasteiger partial charge in [0.1, 0.15) is 17.2 Å². The number of hydrogen-bond donors (Lipinski definition) is 2. The Balaban J connectivity index is 1.30. The van der Waals surface area contributed by atoms with Crippen molar-refractivity contribution in [1.29, 1.82) is 0 Å². The number of carbonyl (C=O) groups excluding carboxylic acids is 1. The smallest absolute Gasteiger partial charge is 0.410 e. The molecule has 10 nitrogen and oxygen atoms in total. The van der Waals surface area contributed by atoms with Crippen LogP contribution in [0.1, 0.15) is 33.6 Å². The number of rotatable bonds is 7. The zero-order valence-electron chi connectivity index (χ0n) is 24.0. The Kier molecular flexibility index (Phi) is 8.70. The van der Waals surface area contributed by atoms with Crippen molar-refractivity contribution in [3.8, 4) is 11.1 Å². The molecule has 226 valence electrons. The zero-order valence-corrected chi connectivity index (χ0v) is 25.5. The molecule has 2 aromatic heterocycles. The predicted octanol–water partition coefficient (Wildman–Crippen LogP) is 6.34. The molecular weight excluding hydrogens is 595 g/mol. The first-order chi connectivity index (χ1) is 20.4. The fourth-order valence-corrected chi connectivity index (χ4v) is 6.01. The summed E-state index contributed by atoms with van der Waals surface area (Å²) in [5.74, 6) is 0.292. The first-order valence-electron chi connectivity index (χ1n) is 13.8. The number of piperidine rings is 1. The number of pyridine rings is 1. The molecule has 1 amide bonds. The molecule has 5 rings (SSSR count). The van der Waals surface area contributed by atoms with Gasteiger partial charge in [-0.3, -0.25) is 9.71 Å². The van der Waals surface area contributed by atoms with Crippen LogP contribution in [0.4, 0.5) is 20.7 Å². The first kappa shape index (κ1) is 30.4. The van der Waals surface area contributed by atoms with Crippen molar-refractivity contribution < 1.29 is 22.3 Å². The number of nitrogens with zero attached hydrogens (tertiary/aromatic N) is 4. The molecule has 0 spiro atoms. The Hall–Kier alpha value is -4.03. The maximum absolute atomic E-state index is 13.3. The molecule has 2 aromatic carbocycles. The van der Waals surface area contributed by atoms with Crippen LogP contribution in [0.5, 0.6) is 0 Å². The largest absolute Gasteiger partial charge is 0.444 e. The van der Waals surface area contributed by atoms with Gasteiger partial charge in [0.25, 0.3) is 10.0 Å². The second-order valence-corrected chi connectivity index (χ2v) is 13.4. The van der Waals surface area contributed by atoms with E-state index in [9.17, 15) is 17.6 Å². The molecule has 1 fully saturated rings. The number of hydrogen-bond acceptors (Lipinski definition) is 8. The number of aromatic nitrogens is 3. The fraction of sp³-hybridized carbons (Fsp3) is 0.333. The van der Waals surface area contributed by atoms with E-state index in [2.05, 4.69) is 20.0 Å². The molecule has 1 saturated heterocycles. The summed E-state index contributed by atoms with van der Waals surface area (Å²) in [5, 5.41) is 3.32. The van der Waals surface area contributed by atoms with Crippen LogP contribution in [-0.2, 0) is 14.8 Å². The Morgan fingerprint density at radius 2 is 1.84 bits per heavy atom. The average Bonchev–Trinajstić information content (AvgIpc) is 2.96. The number of sulfonamides is 1. The van der Waals surface area contributed by atoms with Crippen LogP contribution in [0.25, 0.3) is 22.2 Å². The van der Waals surface area contributed by atoms with Crippen molar-refractivity contribution in [3.05, 3.63) is 71.9 Å². The summed E-state index contributed by atoms with van der Waals surface area (Å²) in [6.07, 6.45) is 4.79. The lowest BCUT2D eigenvalue weighted by atomic mass is 9.98. The van der Waals surface area contributed by atoms with E-state index in [1.54, 1.807) is 17.2 Å². The van der Waals surface area contributed by atoms with Crippen LogP contribution in [-0.4, -0.2) is 59.6 Å². The lowest BCUT2D eigenvalue weighted by molar-refractivity contribution is 0.0172. The van der Waals surface area contributed by atoms with E-state index in [4.69, 9.17) is 21.3 Å². The van der Waals surface area contributed by atoms with E-state index in [-0.39, 0.29) is 27.7 Å². The maximum Gasteiger partial charge on any atom is 0.410 e. The molecule has 1 aliphatic rings. The van der Waals surface area contributed by atoms with Gasteiger partial charge in [-0.1, -0.05) is 17.7 Å². The van der Waals surface area contributed by atoms with Gasteiger partial charge in [0, 0.05) is 31.4 Å². The highest BCUT2D eigenvalue weighted by atomic mass is 35.5. The number of amides is 1. The summed E-state index contributed by atoms with van der Waals surface area (Å²) in [6, 6.07) is 11.5. The van der Waals surface area contributed by atoms with Gasteiger partial charge >= 0.3 is 6.09 Å². The number of halogens is 2. The molecule has 1 aliphatic heterocycles. The number of ether oxygens (including phenoxy) is 1. The quantitative estimate of drug-likeness (QED) is 0.227. The molecule has 2 N–H and O–H groups in total. The van der Waals surface area contributed by atoms with Gasteiger partial charge in [-0.05, 0) is 87.6 Å². The third-order valence-electron chi connectivity index (χ3n) is 6.83. The molecular formula is C30H32ClFN6O4S. The SMILES string of the molecule is CC(C)(C)OC(=O)N1CCCC(CNc2cnc3ccc(-c4cnc(Cl)c(NS(=O)(=O)c5ccc(F)cc5)c4)cc3n2)C1. The molecule has 0 aliphatic carbocycles. The van der Waals surface area contributed by atoms with Crippen LogP contribution >= 0.6 is 11.6 Å². The lowest BCUT2D eigenvalue weighted by Crippen LogP contribution is -2.44. The molecule has 3 heterocycles. The third-order valence-corrected chi connectivity index (χ3v) is 8.51. The molecule has 13 heteroatoms. The topological polar surface area (TPSA) is 126 Å². The van der Waals surface area contributed by atoms with Crippen molar-refractivity contribution >= 4 is 50.3 Å². The molecule has 0 bridgehead atoms. The van der Waals surface area contributed by atoms with E-state index in [0.717, 1.165) is 30.5 Å². The Labute approximate surface area is 254 Å². The zero-order chi connectivity index (χ0) is 30.8. The minimum atomic E-state index is -4.02. The molecule has 43 heavy (non-hydrogen) atoms. The number of fused-ring (bicyclic) bond motifs is 1. The Bertz CT molecular complexity index is 1750. The average molecular weight is 627 g/mol. The number of carbonyl (C=O) groups is 1. The minimum absolute atomic E-state index is 0.0329.